The molecule has 3 rings (SSSR count). The number of carbonyl (C=O) groups is 2. The first-order chi connectivity index (χ1) is 13.0. The van der Waals surface area contributed by atoms with Gasteiger partial charge in [0.15, 0.2) is 0 Å². The molecule has 0 spiro atoms. The number of benzene rings is 2. The van der Waals surface area contributed by atoms with Crippen molar-refractivity contribution in [1.29, 1.82) is 0 Å². The second-order valence-electron chi connectivity index (χ2n) is 6.37. The third kappa shape index (κ3) is 4.32. The SMILES string of the molecule is N[C@@H](Cc1c[nH]c2ccccc12)C(=O)NC(Cc1ccccc1F)C(=O)O. The van der Waals surface area contributed by atoms with Crippen LogP contribution in [0.1, 0.15) is 11.1 Å². The molecule has 0 saturated carbocycles. The number of H-pyrrole nitrogens is 1. The maximum Gasteiger partial charge on any atom is 0.326 e. The van der Waals surface area contributed by atoms with Crippen molar-refractivity contribution < 1.29 is 19.1 Å². The lowest BCUT2D eigenvalue weighted by atomic mass is 10.0. The molecule has 0 radical (unpaired) electrons. The summed E-state index contributed by atoms with van der Waals surface area (Å²) in [7, 11) is 0. The van der Waals surface area contributed by atoms with Crippen LogP contribution in [0, 0.1) is 5.82 Å². The molecular formula is C20H20FN3O3. The maximum atomic E-state index is 13.8. The molecular weight excluding hydrogens is 349 g/mol. The van der Waals surface area contributed by atoms with Crippen molar-refractivity contribution in [2.75, 3.05) is 0 Å². The fourth-order valence-electron chi connectivity index (χ4n) is 2.99. The quantitative estimate of drug-likeness (QED) is 0.511. The van der Waals surface area contributed by atoms with Gasteiger partial charge in [-0.05, 0) is 29.7 Å². The molecule has 1 unspecified atom stereocenters. The van der Waals surface area contributed by atoms with Crippen LogP contribution >= 0.6 is 0 Å². The summed E-state index contributed by atoms with van der Waals surface area (Å²) in [6.45, 7) is 0. The number of halogens is 1. The predicted molar refractivity (Wildman–Crippen MR) is 99.6 cm³/mol. The highest BCUT2D eigenvalue weighted by Gasteiger charge is 2.25. The van der Waals surface area contributed by atoms with E-state index in [1.807, 2.05) is 24.3 Å². The van der Waals surface area contributed by atoms with Gasteiger partial charge in [0.25, 0.3) is 0 Å². The lowest BCUT2D eigenvalue weighted by molar-refractivity contribution is -0.142. The molecule has 140 valence electrons. The number of carbonyl (C=O) groups excluding carboxylic acids is 1. The van der Waals surface area contributed by atoms with Crippen LogP contribution in [0.4, 0.5) is 4.39 Å². The topological polar surface area (TPSA) is 108 Å². The van der Waals surface area contributed by atoms with Crippen LogP contribution in [-0.2, 0) is 22.4 Å². The normalized spacial score (nSPS) is 13.3. The van der Waals surface area contributed by atoms with E-state index in [9.17, 15) is 19.1 Å². The molecule has 0 aliphatic carbocycles. The molecule has 0 saturated heterocycles. The maximum absolute atomic E-state index is 13.8. The summed E-state index contributed by atoms with van der Waals surface area (Å²) < 4.78 is 13.8. The van der Waals surface area contributed by atoms with Gasteiger partial charge >= 0.3 is 5.97 Å². The van der Waals surface area contributed by atoms with E-state index >= 15 is 0 Å². The monoisotopic (exact) mass is 369 g/mol. The van der Waals surface area contributed by atoms with Gasteiger partial charge in [-0.3, -0.25) is 4.79 Å². The van der Waals surface area contributed by atoms with Crippen LogP contribution in [0.5, 0.6) is 0 Å². The Labute approximate surface area is 155 Å². The Morgan fingerprint density at radius 2 is 1.78 bits per heavy atom. The van der Waals surface area contributed by atoms with Gasteiger partial charge in [0, 0.05) is 23.5 Å². The average molecular weight is 369 g/mol. The molecule has 0 aliphatic heterocycles. The molecule has 1 amide bonds. The number of aromatic amines is 1. The van der Waals surface area contributed by atoms with Gasteiger partial charge in [0.2, 0.25) is 5.91 Å². The summed E-state index contributed by atoms with van der Waals surface area (Å²) in [5.41, 5.74) is 8.00. The van der Waals surface area contributed by atoms with E-state index < -0.39 is 29.8 Å². The highest BCUT2D eigenvalue weighted by molar-refractivity contribution is 5.88. The van der Waals surface area contributed by atoms with Crippen LogP contribution in [0.25, 0.3) is 10.9 Å². The number of nitrogens with two attached hydrogens (primary N) is 1. The van der Waals surface area contributed by atoms with Crippen molar-refractivity contribution >= 4 is 22.8 Å². The molecule has 6 nitrogen and oxygen atoms in total. The Bertz CT molecular complexity index is 970. The highest BCUT2D eigenvalue weighted by Crippen LogP contribution is 2.19. The molecule has 2 aromatic carbocycles. The van der Waals surface area contributed by atoms with Crippen molar-refractivity contribution in [2.45, 2.75) is 24.9 Å². The predicted octanol–water partition coefficient (Wildman–Crippen LogP) is 1.99. The Hall–Kier alpha value is -3.19. The number of carboxylic acids is 1. The molecule has 3 aromatic rings. The number of fused-ring (bicyclic) bond motifs is 1. The zero-order valence-corrected chi connectivity index (χ0v) is 14.5. The first-order valence-corrected chi connectivity index (χ1v) is 8.53. The molecule has 0 aliphatic rings. The third-order valence-corrected chi connectivity index (χ3v) is 4.45. The lowest BCUT2D eigenvalue weighted by Gasteiger charge is -2.18. The van der Waals surface area contributed by atoms with Crippen molar-refractivity contribution in [3.63, 3.8) is 0 Å². The smallest absolute Gasteiger partial charge is 0.326 e. The van der Waals surface area contributed by atoms with E-state index in [1.54, 1.807) is 12.3 Å². The van der Waals surface area contributed by atoms with Crippen LogP contribution in [-0.4, -0.2) is 34.1 Å². The largest absolute Gasteiger partial charge is 0.480 e. The van der Waals surface area contributed by atoms with E-state index in [0.717, 1.165) is 16.5 Å². The number of hydrogen-bond donors (Lipinski definition) is 4. The van der Waals surface area contributed by atoms with E-state index in [0.29, 0.717) is 0 Å². The molecule has 0 fully saturated rings. The number of nitrogens with one attached hydrogen (secondary N) is 2. The fraction of sp³-hybridized carbons (Fsp3) is 0.200. The average Bonchev–Trinajstić information content (AvgIpc) is 3.05. The van der Waals surface area contributed by atoms with Gasteiger partial charge in [-0.15, -0.1) is 0 Å². The van der Waals surface area contributed by atoms with Crippen LogP contribution in [0.3, 0.4) is 0 Å². The Balaban J connectivity index is 1.68. The van der Waals surface area contributed by atoms with Crippen molar-refractivity contribution in [3.05, 3.63) is 71.7 Å². The zero-order chi connectivity index (χ0) is 19.4. The van der Waals surface area contributed by atoms with Crippen LogP contribution < -0.4 is 11.1 Å². The molecule has 2 atom stereocenters. The summed E-state index contributed by atoms with van der Waals surface area (Å²) in [6.07, 6.45) is 1.88. The number of rotatable bonds is 7. The molecule has 27 heavy (non-hydrogen) atoms. The van der Waals surface area contributed by atoms with E-state index in [2.05, 4.69) is 10.3 Å². The summed E-state index contributed by atoms with van der Waals surface area (Å²) >= 11 is 0. The Morgan fingerprint density at radius 1 is 1.07 bits per heavy atom. The Kier molecular flexibility index (Phi) is 5.52. The van der Waals surface area contributed by atoms with Gasteiger partial charge in [-0.2, -0.15) is 0 Å². The third-order valence-electron chi connectivity index (χ3n) is 4.45. The summed E-state index contributed by atoms with van der Waals surface area (Å²) in [6, 6.07) is 11.3. The van der Waals surface area contributed by atoms with Gasteiger partial charge in [-0.1, -0.05) is 36.4 Å². The van der Waals surface area contributed by atoms with Crippen LogP contribution in [0.2, 0.25) is 0 Å². The van der Waals surface area contributed by atoms with Gasteiger partial charge < -0.3 is 21.1 Å². The minimum atomic E-state index is -1.26. The second kappa shape index (κ2) is 8.01. The van der Waals surface area contributed by atoms with Crippen molar-refractivity contribution in [3.8, 4) is 0 Å². The molecule has 7 heteroatoms. The van der Waals surface area contributed by atoms with E-state index in [4.69, 9.17) is 5.73 Å². The number of para-hydroxylation sites is 1. The van der Waals surface area contributed by atoms with Gasteiger partial charge in [-0.25, -0.2) is 9.18 Å². The molecule has 5 N–H and O–H groups in total. The number of carboxylic acid groups (broad SMARTS) is 1. The molecule has 1 heterocycles. The van der Waals surface area contributed by atoms with Gasteiger partial charge in [0.1, 0.15) is 11.9 Å². The Morgan fingerprint density at radius 3 is 2.52 bits per heavy atom. The van der Waals surface area contributed by atoms with Crippen molar-refractivity contribution in [2.24, 2.45) is 5.73 Å². The van der Waals surface area contributed by atoms with E-state index in [-0.39, 0.29) is 18.4 Å². The first kappa shape index (κ1) is 18.6. The standard InChI is InChI=1S/C20H20FN3O3/c21-15-7-3-1-5-12(15)10-18(20(26)27)24-19(25)16(22)9-13-11-23-17-8-4-2-6-14(13)17/h1-8,11,16,18,23H,9-10,22H2,(H,24,25)(H,26,27)/t16-,18?/m0/s1. The molecule has 0 bridgehead atoms. The van der Waals surface area contributed by atoms with Crippen LogP contribution in [0.15, 0.2) is 54.7 Å². The first-order valence-electron chi connectivity index (χ1n) is 8.53. The second-order valence-corrected chi connectivity index (χ2v) is 6.37. The van der Waals surface area contributed by atoms with E-state index in [1.165, 1.54) is 18.2 Å². The zero-order valence-electron chi connectivity index (χ0n) is 14.5. The number of hydrogen-bond acceptors (Lipinski definition) is 3. The number of aromatic nitrogens is 1. The summed E-state index contributed by atoms with van der Waals surface area (Å²) in [5, 5.41) is 12.7. The fourth-order valence-corrected chi connectivity index (χ4v) is 2.99. The lowest BCUT2D eigenvalue weighted by Crippen LogP contribution is -2.50. The number of amides is 1. The minimum Gasteiger partial charge on any atom is -0.480 e. The van der Waals surface area contributed by atoms with Gasteiger partial charge in [0.05, 0.1) is 6.04 Å². The summed E-state index contributed by atoms with van der Waals surface area (Å²) in [5.74, 6) is -2.35. The molecule has 1 aromatic heterocycles. The minimum absolute atomic E-state index is 0.159. The van der Waals surface area contributed by atoms with Crippen molar-refractivity contribution in [1.82, 2.24) is 10.3 Å². The number of aliphatic carboxylic acids is 1. The highest BCUT2D eigenvalue weighted by atomic mass is 19.1. The summed E-state index contributed by atoms with van der Waals surface area (Å²) in [4.78, 5) is 27.0.